The van der Waals surface area contributed by atoms with Crippen molar-refractivity contribution in [3.63, 3.8) is 0 Å². The summed E-state index contributed by atoms with van der Waals surface area (Å²) < 4.78 is 5.46. The van der Waals surface area contributed by atoms with Crippen molar-refractivity contribution in [2.24, 2.45) is 5.73 Å². The molecule has 2 aromatic carbocycles. The lowest BCUT2D eigenvalue weighted by Crippen LogP contribution is -2.56. The number of hydrogen-bond donors (Lipinski definition) is 1. The van der Waals surface area contributed by atoms with Gasteiger partial charge >= 0.3 is 6.03 Å². The molecule has 2 fully saturated rings. The smallest absolute Gasteiger partial charge is 0.328 e. The lowest BCUT2D eigenvalue weighted by atomic mass is 9.85. The average Bonchev–Trinajstić information content (AvgIpc) is 3.49. The molecule has 1 aromatic heterocycles. The van der Waals surface area contributed by atoms with Gasteiger partial charge in [0, 0.05) is 31.7 Å². The van der Waals surface area contributed by atoms with E-state index in [1.165, 1.54) is 5.56 Å². The monoisotopic (exact) mass is 486 g/mol. The minimum atomic E-state index is -0.930. The van der Waals surface area contributed by atoms with Gasteiger partial charge in [0.15, 0.2) is 0 Å². The molecule has 2 aliphatic heterocycles. The Bertz CT molecular complexity index is 1220. The van der Waals surface area contributed by atoms with E-state index in [4.69, 9.17) is 10.2 Å². The molecule has 0 saturated carbocycles. The summed E-state index contributed by atoms with van der Waals surface area (Å²) in [5.41, 5.74) is 7.72. The second-order valence-corrected chi connectivity index (χ2v) is 9.51. The van der Waals surface area contributed by atoms with E-state index in [0.29, 0.717) is 38.9 Å². The molecule has 3 aromatic rings. The number of rotatable bonds is 8. The lowest BCUT2D eigenvalue weighted by Gasteiger charge is -2.42. The number of nitrogens with two attached hydrogens (primary N) is 1. The highest BCUT2D eigenvalue weighted by molar-refractivity contribution is 6.09. The van der Waals surface area contributed by atoms with Gasteiger partial charge in [-0.3, -0.25) is 19.4 Å². The first-order valence-corrected chi connectivity index (χ1v) is 12.3. The fraction of sp³-hybridized carbons (Fsp3) is 0.321. The van der Waals surface area contributed by atoms with Crippen LogP contribution in [0.3, 0.4) is 0 Å². The number of piperidine rings is 1. The maximum atomic E-state index is 13.5. The predicted molar refractivity (Wildman–Crippen MR) is 135 cm³/mol. The van der Waals surface area contributed by atoms with Gasteiger partial charge in [-0.15, -0.1) is 0 Å². The number of likely N-dealkylation sites (tertiary alicyclic amines) is 1. The fourth-order valence-corrected chi connectivity index (χ4v) is 5.31. The minimum absolute atomic E-state index is 0.304. The van der Waals surface area contributed by atoms with Crippen LogP contribution in [0.5, 0.6) is 0 Å². The van der Waals surface area contributed by atoms with Gasteiger partial charge in [0.05, 0.1) is 6.26 Å². The van der Waals surface area contributed by atoms with E-state index in [9.17, 15) is 14.4 Å². The van der Waals surface area contributed by atoms with Crippen molar-refractivity contribution in [3.05, 3.63) is 84.1 Å². The largest absolute Gasteiger partial charge is 0.464 e. The van der Waals surface area contributed by atoms with Crippen LogP contribution < -0.4 is 5.73 Å². The van der Waals surface area contributed by atoms with Crippen molar-refractivity contribution in [2.45, 2.75) is 31.3 Å². The molecule has 0 aliphatic carbocycles. The van der Waals surface area contributed by atoms with Crippen LogP contribution in [0.15, 0.2) is 77.4 Å². The highest BCUT2D eigenvalue weighted by Gasteiger charge is 2.57. The molecule has 0 atom stereocenters. The van der Waals surface area contributed by atoms with Gasteiger partial charge < -0.3 is 15.1 Å². The summed E-state index contributed by atoms with van der Waals surface area (Å²) in [7, 11) is 0. The summed E-state index contributed by atoms with van der Waals surface area (Å²) in [6.07, 6.45) is 3.34. The molecule has 5 rings (SSSR count). The molecule has 186 valence electrons. The number of carbonyl (C=O) groups excluding carboxylic acids is 3. The molecule has 36 heavy (non-hydrogen) atoms. The van der Waals surface area contributed by atoms with Crippen LogP contribution in [0.4, 0.5) is 4.79 Å². The molecular weight excluding hydrogens is 456 g/mol. The Kier molecular flexibility index (Phi) is 6.61. The summed E-state index contributed by atoms with van der Waals surface area (Å²) in [4.78, 5) is 43.4. The zero-order chi connectivity index (χ0) is 25.1. The summed E-state index contributed by atoms with van der Waals surface area (Å²) in [5.74, 6) is -0.156. The fourth-order valence-electron chi connectivity index (χ4n) is 5.31. The zero-order valence-electron chi connectivity index (χ0n) is 20.1. The Balaban J connectivity index is 1.28. The standard InChI is InChI=1S/C28H30N4O4/c29-25(33)20-31-26(34)28(32(27(31)35)15-12-21-5-2-1-3-6-21)13-16-30(17-14-28)19-22-8-10-23(11-9-22)24-7-4-18-36-24/h1-11,18H,12-17,19-20H2,(H2,29,33). The van der Waals surface area contributed by atoms with E-state index in [1.54, 1.807) is 11.2 Å². The van der Waals surface area contributed by atoms with Gasteiger partial charge in [-0.25, -0.2) is 4.79 Å². The van der Waals surface area contributed by atoms with Gasteiger partial charge in [0.2, 0.25) is 5.91 Å². The molecule has 2 aliphatic rings. The van der Waals surface area contributed by atoms with Gasteiger partial charge in [0.25, 0.3) is 5.91 Å². The maximum absolute atomic E-state index is 13.5. The summed E-state index contributed by atoms with van der Waals surface area (Å²) in [6.45, 7) is 2.13. The molecular formula is C28H30N4O4. The van der Waals surface area contributed by atoms with Crippen LogP contribution in [0.1, 0.15) is 24.0 Å². The Labute approximate surface area is 210 Å². The maximum Gasteiger partial charge on any atom is 0.328 e. The molecule has 2 saturated heterocycles. The molecule has 0 radical (unpaired) electrons. The number of furan rings is 1. The molecule has 1 spiro atoms. The Morgan fingerprint density at radius 2 is 1.64 bits per heavy atom. The van der Waals surface area contributed by atoms with Crippen LogP contribution in [0, 0.1) is 0 Å². The zero-order valence-corrected chi connectivity index (χ0v) is 20.1. The predicted octanol–water partition coefficient (Wildman–Crippen LogP) is 3.27. The van der Waals surface area contributed by atoms with E-state index in [-0.39, 0.29) is 12.5 Å². The van der Waals surface area contributed by atoms with E-state index in [1.807, 2.05) is 54.6 Å². The highest BCUT2D eigenvalue weighted by atomic mass is 16.3. The van der Waals surface area contributed by atoms with Crippen molar-refractivity contribution in [2.75, 3.05) is 26.2 Å². The normalized spacial score (nSPS) is 17.8. The van der Waals surface area contributed by atoms with Crippen LogP contribution in [0.25, 0.3) is 11.3 Å². The third kappa shape index (κ3) is 4.64. The number of urea groups is 1. The first-order chi connectivity index (χ1) is 17.5. The molecule has 8 heteroatoms. The number of nitrogens with zero attached hydrogens (tertiary/aromatic N) is 3. The van der Waals surface area contributed by atoms with Crippen molar-refractivity contribution < 1.29 is 18.8 Å². The second kappa shape index (κ2) is 9.99. The Hall–Kier alpha value is -3.91. The minimum Gasteiger partial charge on any atom is -0.464 e. The van der Waals surface area contributed by atoms with Gasteiger partial charge in [-0.1, -0.05) is 54.6 Å². The van der Waals surface area contributed by atoms with Gasteiger partial charge in [0.1, 0.15) is 17.8 Å². The first kappa shape index (κ1) is 23.8. The summed E-state index contributed by atoms with van der Waals surface area (Å²) in [6, 6.07) is 21.5. The molecule has 0 bridgehead atoms. The van der Waals surface area contributed by atoms with Crippen LogP contribution >= 0.6 is 0 Å². The van der Waals surface area contributed by atoms with Crippen LogP contribution in [0.2, 0.25) is 0 Å². The molecule has 4 amide bonds. The molecule has 0 unspecified atom stereocenters. The highest BCUT2D eigenvalue weighted by Crippen LogP contribution is 2.38. The summed E-state index contributed by atoms with van der Waals surface area (Å²) >= 11 is 0. The number of carbonyl (C=O) groups is 3. The lowest BCUT2D eigenvalue weighted by molar-refractivity contribution is -0.137. The number of primary amides is 1. The third-order valence-corrected chi connectivity index (χ3v) is 7.25. The molecule has 8 nitrogen and oxygen atoms in total. The number of hydrogen-bond acceptors (Lipinski definition) is 5. The van der Waals surface area contributed by atoms with Crippen LogP contribution in [-0.4, -0.2) is 64.3 Å². The Morgan fingerprint density at radius 1 is 0.917 bits per heavy atom. The van der Waals surface area contributed by atoms with Crippen LogP contribution in [-0.2, 0) is 22.6 Å². The number of imide groups is 1. The number of amides is 4. The van der Waals surface area contributed by atoms with Crippen molar-refractivity contribution in [1.82, 2.24) is 14.7 Å². The van der Waals surface area contributed by atoms with E-state index in [0.717, 1.165) is 28.3 Å². The van der Waals surface area contributed by atoms with Crippen molar-refractivity contribution in [3.8, 4) is 11.3 Å². The second-order valence-electron chi connectivity index (χ2n) is 9.51. The Morgan fingerprint density at radius 3 is 2.28 bits per heavy atom. The molecule has 3 heterocycles. The first-order valence-electron chi connectivity index (χ1n) is 12.3. The van der Waals surface area contributed by atoms with E-state index >= 15 is 0 Å². The average molecular weight is 487 g/mol. The van der Waals surface area contributed by atoms with E-state index < -0.39 is 17.5 Å². The summed E-state index contributed by atoms with van der Waals surface area (Å²) in [5, 5.41) is 0. The van der Waals surface area contributed by atoms with Crippen molar-refractivity contribution >= 4 is 17.8 Å². The molecule has 2 N–H and O–H groups in total. The van der Waals surface area contributed by atoms with Crippen molar-refractivity contribution in [1.29, 1.82) is 0 Å². The third-order valence-electron chi connectivity index (χ3n) is 7.25. The van der Waals surface area contributed by atoms with Gasteiger partial charge in [-0.2, -0.15) is 0 Å². The van der Waals surface area contributed by atoms with E-state index in [2.05, 4.69) is 17.0 Å². The SMILES string of the molecule is NC(=O)CN1C(=O)N(CCc2ccccc2)C2(CCN(Cc3ccc(-c4ccco4)cc3)CC2)C1=O. The quantitative estimate of drug-likeness (QED) is 0.493. The number of benzene rings is 2. The van der Waals surface area contributed by atoms with Gasteiger partial charge in [-0.05, 0) is 42.5 Å². The topological polar surface area (TPSA) is 100 Å².